The van der Waals surface area contributed by atoms with Gasteiger partial charge in [0.2, 0.25) is 0 Å². The van der Waals surface area contributed by atoms with Crippen LogP contribution in [0.4, 0.5) is 10.5 Å². The van der Waals surface area contributed by atoms with Gasteiger partial charge in [-0.15, -0.1) is 0 Å². The molecule has 1 saturated heterocycles. The molecule has 4 nitrogen and oxygen atoms in total. The third-order valence-electron chi connectivity index (χ3n) is 4.25. The third kappa shape index (κ3) is 3.17. The lowest BCUT2D eigenvalue weighted by Crippen LogP contribution is -2.39. The Morgan fingerprint density at radius 3 is 2.77 bits per heavy atom. The SMILES string of the molecule is CC(C)(C)OC(=O)N1CCC2Cc3ccc(Cl)cc3N2CC1. The molecule has 1 amide bonds. The Bertz CT molecular complexity index is 583. The van der Waals surface area contributed by atoms with Gasteiger partial charge < -0.3 is 14.5 Å². The molecule has 1 aromatic rings. The standard InChI is InChI=1S/C17H23ClN2O2/c1-17(2,3)22-16(21)19-7-6-14-10-12-4-5-13(18)11-15(12)20(14)9-8-19/h4-5,11,14H,6-10H2,1-3H3. The van der Waals surface area contributed by atoms with Crippen LogP contribution in [0, 0.1) is 0 Å². The van der Waals surface area contributed by atoms with Crippen molar-refractivity contribution in [2.24, 2.45) is 0 Å². The smallest absolute Gasteiger partial charge is 0.410 e. The van der Waals surface area contributed by atoms with E-state index in [1.54, 1.807) is 0 Å². The maximum Gasteiger partial charge on any atom is 0.410 e. The molecular formula is C17H23ClN2O2. The second kappa shape index (κ2) is 5.65. The highest BCUT2D eigenvalue weighted by molar-refractivity contribution is 6.30. The number of amides is 1. The van der Waals surface area contributed by atoms with Crippen molar-refractivity contribution in [3.8, 4) is 0 Å². The second-order valence-electron chi connectivity index (χ2n) is 7.08. The third-order valence-corrected chi connectivity index (χ3v) is 4.48. The summed E-state index contributed by atoms with van der Waals surface area (Å²) in [5, 5.41) is 0.771. The number of hydrogen-bond acceptors (Lipinski definition) is 3. The minimum Gasteiger partial charge on any atom is -0.444 e. The number of halogens is 1. The average Bonchev–Trinajstić information content (AvgIpc) is 2.61. The van der Waals surface area contributed by atoms with E-state index in [1.165, 1.54) is 11.3 Å². The van der Waals surface area contributed by atoms with Crippen LogP contribution < -0.4 is 4.90 Å². The van der Waals surface area contributed by atoms with Crippen LogP contribution in [0.2, 0.25) is 5.02 Å². The second-order valence-corrected chi connectivity index (χ2v) is 7.52. The topological polar surface area (TPSA) is 32.8 Å². The number of nitrogens with zero attached hydrogens (tertiary/aromatic N) is 2. The predicted molar refractivity (Wildman–Crippen MR) is 88.7 cm³/mol. The highest BCUT2D eigenvalue weighted by Gasteiger charge is 2.34. The summed E-state index contributed by atoms with van der Waals surface area (Å²) in [5.41, 5.74) is 2.14. The molecule has 2 aliphatic rings. The summed E-state index contributed by atoms with van der Waals surface area (Å²) in [4.78, 5) is 16.5. The molecule has 5 heteroatoms. The Balaban J connectivity index is 1.71. The van der Waals surface area contributed by atoms with Crippen molar-refractivity contribution in [2.45, 2.75) is 45.3 Å². The monoisotopic (exact) mass is 322 g/mol. The zero-order chi connectivity index (χ0) is 15.9. The number of anilines is 1. The van der Waals surface area contributed by atoms with Gasteiger partial charge in [0.1, 0.15) is 5.60 Å². The van der Waals surface area contributed by atoms with Gasteiger partial charge in [-0.05, 0) is 51.3 Å². The number of fused-ring (bicyclic) bond motifs is 3. The van der Waals surface area contributed by atoms with Crippen LogP contribution in [0.1, 0.15) is 32.8 Å². The zero-order valence-corrected chi connectivity index (χ0v) is 14.2. The summed E-state index contributed by atoms with van der Waals surface area (Å²) in [7, 11) is 0. The number of carbonyl (C=O) groups excluding carboxylic acids is 1. The molecule has 120 valence electrons. The van der Waals surface area contributed by atoms with E-state index in [0.29, 0.717) is 12.6 Å². The van der Waals surface area contributed by atoms with Crippen LogP contribution in [0.25, 0.3) is 0 Å². The first-order chi connectivity index (χ1) is 10.3. The van der Waals surface area contributed by atoms with Gasteiger partial charge in [-0.25, -0.2) is 4.79 Å². The molecule has 0 aromatic heterocycles. The van der Waals surface area contributed by atoms with Crippen LogP contribution in [0.15, 0.2) is 18.2 Å². The number of benzene rings is 1. The molecule has 1 unspecified atom stereocenters. The summed E-state index contributed by atoms with van der Waals surface area (Å²) in [6.07, 6.45) is 1.79. The van der Waals surface area contributed by atoms with E-state index >= 15 is 0 Å². The summed E-state index contributed by atoms with van der Waals surface area (Å²) in [6, 6.07) is 6.58. The molecule has 2 aliphatic heterocycles. The van der Waals surface area contributed by atoms with Gasteiger partial charge in [-0.1, -0.05) is 17.7 Å². The van der Waals surface area contributed by atoms with Crippen molar-refractivity contribution in [3.63, 3.8) is 0 Å². The van der Waals surface area contributed by atoms with Crippen molar-refractivity contribution in [1.82, 2.24) is 4.90 Å². The van der Waals surface area contributed by atoms with Crippen molar-refractivity contribution < 1.29 is 9.53 Å². The van der Waals surface area contributed by atoms with Gasteiger partial charge >= 0.3 is 6.09 Å². The van der Waals surface area contributed by atoms with E-state index in [2.05, 4.69) is 11.0 Å². The molecule has 0 N–H and O–H groups in total. The van der Waals surface area contributed by atoms with E-state index in [4.69, 9.17) is 16.3 Å². The minimum atomic E-state index is -0.445. The van der Waals surface area contributed by atoms with E-state index in [9.17, 15) is 4.79 Å². The van der Waals surface area contributed by atoms with Crippen molar-refractivity contribution in [2.75, 3.05) is 24.5 Å². The number of ether oxygens (including phenoxy) is 1. The summed E-state index contributed by atoms with van der Waals surface area (Å²) in [6.45, 7) is 7.98. The Kier molecular flexibility index (Phi) is 3.98. The molecular weight excluding hydrogens is 300 g/mol. The largest absolute Gasteiger partial charge is 0.444 e. The zero-order valence-electron chi connectivity index (χ0n) is 13.4. The van der Waals surface area contributed by atoms with Gasteiger partial charge in [-0.2, -0.15) is 0 Å². The fourth-order valence-corrected chi connectivity index (χ4v) is 3.42. The first kappa shape index (κ1) is 15.5. The Hall–Kier alpha value is -1.42. The van der Waals surface area contributed by atoms with Crippen LogP contribution in [0.3, 0.4) is 0 Å². The highest BCUT2D eigenvalue weighted by Crippen LogP contribution is 2.36. The molecule has 1 atom stereocenters. The van der Waals surface area contributed by atoms with E-state index in [1.807, 2.05) is 37.8 Å². The molecule has 0 saturated carbocycles. The van der Waals surface area contributed by atoms with Crippen LogP contribution in [-0.4, -0.2) is 42.3 Å². The molecule has 0 bridgehead atoms. The normalized spacial score (nSPS) is 21.2. The van der Waals surface area contributed by atoms with Crippen LogP contribution in [0.5, 0.6) is 0 Å². The van der Waals surface area contributed by atoms with Gasteiger partial charge in [-0.3, -0.25) is 0 Å². The van der Waals surface area contributed by atoms with E-state index in [-0.39, 0.29) is 6.09 Å². The Morgan fingerprint density at radius 2 is 2.05 bits per heavy atom. The fourth-order valence-electron chi connectivity index (χ4n) is 3.25. The maximum absolute atomic E-state index is 12.2. The number of rotatable bonds is 0. The number of carbonyl (C=O) groups is 1. The molecule has 2 heterocycles. The van der Waals surface area contributed by atoms with Crippen LogP contribution in [-0.2, 0) is 11.2 Å². The predicted octanol–water partition coefficient (Wildman–Crippen LogP) is 3.71. The molecule has 22 heavy (non-hydrogen) atoms. The van der Waals surface area contributed by atoms with Gasteiger partial charge in [0, 0.05) is 36.4 Å². The molecule has 0 radical (unpaired) electrons. The van der Waals surface area contributed by atoms with Crippen molar-refractivity contribution in [3.05, 3.63) is 28.8 Å². The van der Waals surface area contributed by atoms with Gasteiger partial charge in [0.25, 0.3) is 0 Å². The summed E-state index contributed by atoms with van der Waals surface area (Å²) >= 11 is 6.14. The Labute approximate surface area is 137 Å². The molecule has 0 aliphatic carbocycles. The minimum absolute atomic E-state index is 0.208. The summed E-state index contributed by atoms with van der Waals surface area (Å²) in [5.74, 6) is 0. The quantitative estimate of drug-likeness (QED) is 0.730. The molecule has 1 aromatic carbocycles. The molecule has 1 fully saturated rings. The lowest BCUT2D eigenvalue weighted by molar-refractivity contribution is 0.0262. The molecule has 3 rings (SSSR count). The maximum atomic E-state index is 12.2. The first-order valence-electron chi connectivity index (χ1n) is 7.86. The van der Waals surface area contributed by atoms with Gasteiger partial charge in [0.05, 0.1) is 0 Å². The van der Waals surface area contributed by atoms with E-state index in [0.717, 1.165) is 31.0 Å². The van der Waals surface area contributed by atoms with Gasteiger partial charge in [0.15, 0.2) is 0 Å². The fraction of sp³-hybridized carbons (Fsp3) is 0.588. The number of hydrogen-bond donors (Lipinski definition) is 0. The van der Waals surface area contributed by atoms with E-state index < -0.39 is 5.60 Å². The lowest BCUT2D eigenvalue weighted by atomic mass is 10.1. The average molecular weight is 323 g/mol. The van der Waals surface area contributed by atoms with Crippen LogP contribution >= 0.6 is 11.6 Å². The lowest BCUT2D eigenvalue weighted by Gasteiger charge is -2.27. The Morgan fingerprint density at radius 1 is 1.27 bits per heavy atom. The van der Waals surface area contributed by atoms with Crippen molar-refractivity contribution >= 4 is 23.4 Å². The van der Waals surface area contributed by atoms with Crippen molar-refractivity contribution in [1.29, 1.82) is 0 Å². The summed E-state index contributed by atoms with van der Waals surface area (Å²) < 4.78 is 5.49. The first-order valence-corrected chi connectivity index (χ1v) is 8.24. The highest BCUT2D eigenvalue weighted by atomic mass is 35.5. The molecule has 0 spiro atoms.